The predicted molar refractivity (Wildman–Crippen MR) is 54.9 cm³/mol. The van der Waals surface area contributed by atoms with Gasteiger partial charge in [-0.25, -0.2) is 4.98 Å². The predicted octanol–water partition coefficient (Wildman–Crippen LogP) is 2.69. The molecule has 0 fully saturated rings. The Balaban J connectivity index is 2.23. The number of ketones is 1. The lowest BCUT2D eigenvalue weighted by atomic mass is 10.0. The lowest BCUT2D eigenvalue weighted by Crippen LogP contribution is -2.03. The van der Waals surface area contributed by atoms with Crippen LogP contribution in [0.2, 0.25) is 0 Å². The Bertz CT molecular complexity index is 254. The molecule has 0 aliphatic rings. The van der Waals surface area contributed by atoms with Crippen molar-refractivity contribution in [3.63, 3.8) is 0 Å². The summed E-state index contributed by atoms with van der Waals surface area (Å²) in [6.45, 7) is 4.14. The molecule has 0 unspecified atom stereocenters. The average molecular weight is 197 g/mol. The molecule has 13 heavy (non-hydrogen) atoms. The zero-order valence-electron chi connectivity index (χ0n) is 8.12. The van der Waals surface area contributed by atoms with E-state index in [1.165, 1.54) is 0 Å². The molecule has 0 amide bonds. The maximum atomic E-state index is 11.3. The van der Waals surface area contributed by atoms with Gasteiger partial charge in [-0.15, -0.1) is 11.3 Å². The van der Waals surface area contributed by atoms with E-state index in [1.807, 2.05) is 5.38 Å². The number of Topliss-reactive ketones (excluding diaryl/α,β-unsaturated/α-hetero) is 1. The van der Waals surface area contributed by atoms with E-state index in [2.05, 4.69) is 18.8 Å². The highest BCUT2D eigenvalue weighted by Crippen LogP contribution is 2.09. The fraction of sp³-hybridized carbons (Fsp3) is 0.600. The van der Waals surface area contributed by atoms with Crippen LogP contribution >= 0.6 is 11.3 Å². The van der Waals surface area contributed by atoms with Crippen LogP contribution in [0.25, 0.3) is 0 Å². The fourth-order valence-corrected chi connectivity index (χ4v) is 1.80. The van der Waals surface area contributed by atoms with Gasteiger partial charge in [-0.3, -0.25) is 4.79 Å². The first-order valence-corrected chi connectivity index (χ1v) is 5.46. The number of aromatic nitrogens is 1. The van der Waals surface area contributed by atoms with Crippen molar-refractivity contribution in [3.8, 4) is 0 Å². The van der Waals surface area contributed by atoms with Crippen LogP contribution in [-0.2, 0) is 11.2 Å². The third-order valence-corrected chi connectivity index (χ3v) is 2.58. The Morgan fingerprint density at radius 3 is 2.92 bits per heavy atom. The highest BCUT2D eigenvalue weighted by Gasteiger charge is 2.05. The van der Waals surface area contributed by atoms with Gasteiger partial charge in [-0.1, -0.05) is 13.8 Å². The Morgan fingerprint density at radius 2 is 2.38 bits per heavy atom. The van der Waals surface area contributed by atoms with E-state index in [0.717, 1.165) is 11.4 Å². The van der Waals surface area contributed by atoms with Crippen LogP contribution < -0.4 is 0 Å². The van der Waals surface area contributed by atoms with Gasteiger partial charge in [-0.2, -0.15) is 0 Å². The van der Waals surface area contributed by atoms with Gasteiger partial charge in [0.15, 0.2) is 0 Å². The number of hydrogen-bond acceptors (Lipinski definition) is 3. The van der Waals surface area contributed by atoms with E-state index in [1.54, 1.807) is 17.5 Å². The van der Waals surface area contributed by atoms with Crippen molar-refractivity contribution in [1.82, 2.24) is 4.98 Å². The van der Waals surface area contributed by atoms with Gasteiger partial charge >= 0.3 is 0 Å². The number of hydrogen-bond donors (Lipinski definition) is 0. The second-order valence-corrected chi connectivity index (χ2v) is 4.54. The van der Waals surface area contributed by atoms with Crippen LogP contribution in [-0.4, -0.2) is 10.8 Å². The molecule has 1 heterocycles. The van der Waals surface area contributed by atoms with E-state index in [0.29, 0.717) is 24.5 Å². The summed E-state index contributed by atoms with van der Waals surface area (Å²) in [5.74, 6) is 0.828. The standard InChI is InChI=1S/C10H15NOS/c1-8(2)7-9(12)3-4-10-11-5-6-13-10/h5-6,8H,3-4,7H2,1-2H3. The van der Waals surface area contributed by atoms with E-state index in [4.69, 9.17) is 0 Å². The van der Waals surface area contributed by atoms with Crippen LogP contribution in [0.5, 0.6) is 0 Å². The fourth-order valence-electron chi connectivity index (χ4n) is 1.18. The van der Waals surface area contributed by atoms with Crippen molar-refractivity contribution in [3.05, 3.63) is 16.6 Å². The highest BCUT2D eigenvalue weighted by molar-refractivity contribution is 7.09. The second kappa shape index (κ2) is 5.12. The summed E-state index contributed by atoms with van der Waals surface area (Å²) in [4.78, 5) is 15.5. The third-order valence-electron chi connectivity index (χ3n) is 1.74. The molecule has 1 aromatic heterocycles. The molecule has 0 aromatic carbocycles. The summed E-state index contributed by atoms with van der Waals surface area (Å²) in [6, 6.07) is 0. The van der Waals surface area contributed by atoms with Gasteiger partial charge in [0.2, 0.25) is 0 Å². The van der Waals surface area contributed by atoms with Crippen molar-refractivity contribution in [2.45, 2.75) is 33.1 Å². The Labute approximate surface area is 83.0 Å². The monoisotopic (exact) mass is 197 g/mol. The van der Waals surface area contributed by atoms with Crippen molar-refractivity contribution < 1.29 is 4.79 Å². The summed E-state index contributed by atoms with van der Waals surface area (Å²) < 4.78 is 0. The van der Waals surface area contributed by atoms with Gasteiger partial charge in [0.25, 0.3) is 0 Å². The molecule has 3 heteroatoms. The number of thiazole rings is 1. The van der Waals surface area contributed by atoms with Crippen molar-refractivity contribution in [2.75, 3.05) is 0 Å². The smallest absolute Gasteiger partial charge is 0.133 e. The highest BCUT2D eigenvalue weighted by atomic mass is 32.1. The lowest BCUT2D eigenvalue weighted by molar-refractivity contribution is -0.119. The molecule has 0 atom stereocenters. The minimum absolute atomic E-state index is 0.352. The van der Waals surface area contributed by atoms with E-state index < -0.39 is 0 Å². The van der Waals surface area contributed by atoms with E-state index in [9.17, 15) is 4.79 Å². The molecule has 1 aromatic rings. The Kier molecular flexibility index (Phi) is 4.09. The molecule has 0 bridgehead atoms. The van der Waals surface area contributed by atoms with Crippen molar-refractivity contribution >= 4 is 17.1 Å². The molecular weight excluding hydrogens is 182 g/mol. The number of nitrogens with zero attached hydrogens (tertiary/aromatic N) is 1. The zero-order chi connectivity index (χ0) is 9.68. The number of carbonyl (C=O) groups excluding carboxylic acids is 1. The normalized spacial score (nSPS) is 10.7. The molecule has 0 spiro atoms. The summed E-state index contributed by atoms with van der Waals surface area (Å²) in [7, 11) is 0. The molecule has 0 aliphatic carbocycles. The van der Waals surface area contributed by atoms with Crippen LogP contribution in [0.15, 0.2) is 11.6 Å². The van der Waals surface area contributed by atoms with Crippen LogP contribution in [0.4, 0.5) is 0 Å². The van der Waals surface area contributed by atoms with Crippen molar-refractivity contribution in [1.29, 1.82) is 0 Å². The van der Waals surface area contributed by atoms with Crippen molar-refractivity contribution in [2.24, 2.45) is 5.92 Å². The topological polar surface area (TPSA) is 30.0 Å². The quantitative estimate of drug-likeness (QED) is 0.726. The molecule has 0 saturated heterocycles. The maximum absolute atomic E-state index is 11.3. The minimum Gasteiger partial charge on any atom is -0.300 e. The number of aryl methyl sites for hydroxylation is 1. The van der Waals surface area contributed by atoms with Gasteiger partial charge < -0.3 is 0 Å². The third kappa shape index (κ3) is 4.18. The average Bonchev–Trinajstić information content (AvgIpc) is 2.51. The molecular formula is C10H15NOS. The summed E-state index contributed by atoms with van der Waals surface area (Å²) >= 11 is 1.62. The molecule has 0 aliphatic heterocycles. The van der Waals surface area contributed by atoms with Gasteiger partial charge in [-0.05, 0) is 5.92 Å². The van der Waals surface area contributed by atoms with Gasteiger partial charge in [0.1, 0.15) is 5.78 Å². The zero-order valence-corrected chi connectivity index (χ0v) is 8.93. The van der Waals surface area contributed by atoms with Crippen LogP contribution in [0, 0.1) is 5.92 Å². The number of carbonyl (C=O) groups is 1. The maximum Gasteiger partial charge on any atom is 0.133 e. The van der Waals surface area contributed by atoms with Gasteiger partial charge in [0, 0.05) is 30.8 Å². The van der Waals surface area contributed by atoms with Crippen LogP contribution in [0.3, 0.4) is 0 Å². The molecule has 0 saturated carbocycles. The molecule has 2 nitrogen and oxygen atoms in total. The Morgan fingerprint density at radius 1 is 1.62 bits per heavy atom. The first-order chi connectivity index (χ1) is 6.18. The van der Waals surface area contributed by atoms with E-state index in [-0.39, 0.29) is 0 Å². The summed E-state index contributed by atoms with van der Waals surface area (Å²) in [6.07, 6.45) is 3.94. The lowest BCUT2D eigenvalue weighted by Gasteiger charge is -2.01. The summed E-state index contributed by atoms with van der Waals surface area (Å²) in [5.41, 5.74) is 0. The van der Waals surface area contributed by atoms with Crippen LogP contribution in [0.1, 0.15) is 31.7 Å². The Hall–Kier alpha value is -0.700. The molecule has 72 valence electrons. The second-order valence-electron chi connectivity index (χ2n) is 3.56. The first-order valence-electron chi connectivity index (χ1n) is 4.58. The molecule has 0 N–H and O–H groups in total. The first kappa shape index (κ1) is 10.4. The molecule has 0 radical (unpaired) electrons. The van der Waals surface area contributed by atoms with Gasteiger partial charge in [0.05, 0.1) is 5.01 Å². The number of rotatable bonds is 5. The minimum atomic E-state index is 0.352. The molecule has 1 rings (SSSR count). The largest absolute Gasteiger partial charge is 0.300 e. The van der Waals surface area contributed by atoms with E-state index >= 15 is 0 Å². The summed E-state index contributed by atoms with van der Waals surface area (Å²) in [5, 5.41) is 3.01. The SMILES string of the molecule is CC(C)CC(=O)CCc1nccs1.